The molecule has 116 valence electrons. The molecule has 0 saturated heterocycles. The molecular formula is C14H18BF3KNO2. The molecule has 2 rings (SSSR count). The fraction of sp³-hybridized carbons (Fsp3) is 0.500. The van der Waals surface area contributed by atoms with Gasteiger partial charge in [-0.25, -0.2) is 4.79 Å². The Labute approximate surface area is 170 Å². The van der Waals surface area contributed by atoms with Crippen LogP contribution in [-0.2, 0) is 11.3 Å². The fourth-order valence-corrected chi connectivity index (χ4v) is 2.57. The van der Waals surface area contributed by atoms with Gasteiger partial charge in [-0.15, -0.1) is 0 Å². The van der Waals surface area contributed by atoms with Crippen LogP contribution < -0.4 is 56.7 Å². The summed E-state index contributed by atoms with van der Waals surface area (Å²) in [6, 6.07) is 9.01. The maximum atomic E-state index is 12.6. The van der Waals surface area contributed by atoms with E-state index in [9.17, 15) is 17.7 Å². The van der Waals surface area contributed by atoms with Crippen molar-refractivity contribution in [1.29, 1.82) is 0 Å². The number of rotatable bonds is 4. The predicted molar refractivity (Wildman–Crippen MR) is 74.8 cm³/mol. The zero-order chi connectivity index (χ0) is 15.3. The molecule has 0 aliphatic heterocycles. The van der Waals surface area contributed by atoms with Crippen molar-refractivity contribution in [3.05, 3.63) is 35.9 Å². The molecule has 0 radical (unpaired) electrons. The van der Waals surface area contributed by atoms with Crippen LogP contribution in [0.4, 0.5) is 17.7 Å². The van der Waals surface area contributed by atoms with Gasteiger partial charge < -0.3 is 23.0 Å². The molecule has 8 heteroatoms. The Balaban J connectivity index is 0.00000242. The monoisotopic (exact) mass is 339 g/mol. The van der Waals surface area contributed by atoms with E-state index in [2.05, 4.69) is 5.32 Å². The Morgan fingerprint density at radius 2 is 1.73 bits per heavy atom. The Hall–Kier alpha value is -0.0187. The largest absolute Gasteiger partial charge is 1.00 e. The van der Waals surface area contributed by atoms with Crippen LogP contribution in [0.2, 0.25) is 5.82 Å². The third-order valence-electron chi connectivity index (χ3n) is 3.84. The first kappa shape index (κ1) is 20.0. The molecule has 0 spiro atoms. The fourth-order valence-electron chi connectivity index (χ4n) is 2.57. The van der Waals surface area contributed by atoms with Crippen LogP contribution >= 0.6 is 0 Å². The molecule has 1 aliphatic carbocycles. The summed E-state index contributed by atoms with van der Waals surface area (Å²) in [4.78, 5) is 11.6. The van der Waals surface area contributed by atoms with Gasteiger partial charge in [0.05, 0.1) is 0 Å². The van der Waals surface area contributed by atoms with Gasteiger partial charge in [0, 0.05) is 6.04 Å². The van der Waals surface area contributed by atoms with Gasteiger partial charge in [-0.05, 0) is 18.4 Å². The van der Waals surface area contributed by atoms with E-state index < -0.39 is 18.9 Å². The minimum absolute atomic E-state index is 0. The summed E-state index contributed by atoms with van der Waals surface area (Å²) in [7, 11) is 0. The minimum atomic E-state index is -4.76. The van der Waals surface area contributed by atoms with Crippen molar-refractivity contribution in [1.82, 2.24) is 5.32 Å². The van der Waals surface area contributed by atoms with Gasteiger partial charge >= 0.3 is 64.5 Å². The first-order valence-electron chi connectivity index (χ1n) is 7.12. The Morgan fingerprint density at radius 1 is 1.14 bits per heavy atom. The van der Waals surface area contributed by atoms with E-state index in [0.717, 1.165) is 5.56 Å². The third-order valence-corrected chi connectivity index (χ3v) is 3.84. The van der Waals surface area contributed by atoms with Crippen LogP contribution in [0.3, 0.4) is 0 Å². The second kappa shape index (κ2) is 9.32. The zero-order valence-corrected chi connectivity index (χ0v) is 15.7. The van der Waals surface area contributed by atoms with E-state index in [-0.39, 0.29) is 76.9 Å². The van der Waals surface area contributed by atoms with Crippen molar-refractivity contribution in [2.75, 3.05) is 0 Å². The smallest absolute Gasteiger partial charge is 0.449 e. The van der Waals surface area contributed by atoms with Gasteiger partial charge in [-0.3, -0.25) is 0 Å². The number of carbonyl (C=O) groups excluding carboxylic acids is 1. The predicted octanol–water partition coefficient (Wildman–Crippen LogP) is 1.08. The molecule has 0 heterocycles. The number of amides is 1. The van der Waals surface area contributed by atoms with Crippen LogP contribution in [0, 0.1) is 0 Å². The number of hydrogen-bond acceptors (Lipinski definition) is 2. The quantitative estimate of drug-likeness (QED) is 0.834. The normalized spacial score (nSPS) is 21.6. The number of alkyl carbamates (subject to hydrolysis) is 1. The number of ether oxygens (including phenoxy) is 1. The Morgan fingerprint density at radius 3 is 2.27 bits per heavy atom. The van der Waals surface area contributed by atoms with Crippen molar-refractivity contribution in [3.63, 3.8) is 0 Å². The molecule has 1 aromatic carbocycles. The van der Waals surface area contributed by atoms with Gasteiger partial charge in [-0.1, -0.05) is 49.0 Å². The standard InChI is InChI=1S/C14H18BF3NO2.K/c16-15(17,18)12-6-8-13(9-7-12)19-14(20)21-10-11-4-2-1-3-5-11;/h1-5,12-13H,6-10H2,(H,19,20);/q-1;+1. The van der Waals surface area contributed by atoms with E-state index in [0.29, 0.717) is 12.8 Å². The molecule has 0 atom stereocenters. The van der Waals surface area contributed by atoms with Crippen molar-refractivity contribution < 1.29 is 73.9 Å². The molecule has 1 N–H and O–H groups in total. The molecule has 0 aromatic heterocycles. The summed E-state index contributed by atoms with van der Waals surface area (Å²) >= 11 is 0. The van der Waals surface area contributed by atoms with E-state index in [4.69, 9.17) is 4.74 Å². The summed E-state index contributed by atoms with van der Waals surface area (Å²) < 4.78 is 42.8. The Bertz CT molecular complexity index is 465. The molecule has 22 heavy (non-hydrogen) atoms. The number of benzene rings is 1. The molecule has 3 nitrogen and oxygen atoms in total. The van der Waals surface area contributed by atoms with Gasteiger partial charge in [0.2, 0.25) is 0 Å². The van der Waals surface area contributed by atoms with Gasteiger partial charge in [0.25, 0.3) is 0 Å². The maximum Gasteiger partial charge on any atom is 1.00 e. The van der Waals surface area contributed by atoms with Crippen molar-refractivity contribution in [3.8, 4) is 0 Å². The summed E-state index contributed by atoms with van der Waals surface area (Å²) in [5.74, 6) is -1.18. The number of hydrogen-bond donors (Lipinski definition) is 1. The SMILES string of the molecule is O=C(NC1CCC([B-](F)(F)F)CC1)OCc1ccccc1.[K+]. The summed E-state index contributed by atoms with van der Waals surface area (Å²) in [5, 5.41) is 2.64. The summed E-state index contributed by atoms with van der Waals surface area (Å²) in [5.41, 5.74) is 0.871. The summed E-state index contributed by atoms with van der Waals surface area (Å²) in [6.45, 7) is -4.60. The molecule has 1 saturated carbocycles. The van der Waals surface area contributed by atoms with Gasteiger partial charge in [0.15, 0.2) is 0 Å². The zero-order valence-electron chi connectivity index (χ0n) is 12.6. The average molecular weight is 339 g/mol. The maximum absolute atomic E-state index is 12.6. The van der Waals surface area contributed by atoms with Crippen LogP contribution in [0.1, 0.15) is 31.2 Å². The van der Waals surface area contributed by atoms with Crippen molar-refractivity contribution in [2.45, 2.75) is 44.1 Å². The number of nitrogens with one attached hydrogen (secondary N) is 1. The van der Waals surface area contributed by atoms with Crippen molar-refractivity contribution in [2.24, 2.45) is 0 Å². The average Bonchev–Trinajstić information content (AvgIpc) is 2.46. The Kier molecular flexibility index (Phi) is 8.48. The molecule has 0 bridgehead atoms. The first-order chi connectivity index (χ1) is 9.95. The first-order valence-corrected chi connectivity index (χ1v) is 7.12. The third kappa shape index (κ3) is 6.62. The summed E-state index contributed by atoms with van der Waals surface area (Å²) in [6.07, 6.45) is 0.318. The van der Waals surface area contributed by atoms with Gasteiger partial charge in [-0.2, -0.15) is 0 Å². The van der Waals surface area contributed by atoms with Crippen molar-refractivity contribution >= 4 is 13.1 Å². The van der Waals surface area contributed by atoms with E-state index in [1.165, 1.54) is 0 Å². The molecular weight excluding hydrogens is 321 g/mol. The molecule has 1 aromatic rings. The van der Waals surface area contributed by atoms with E-state index >= 15 is 0 Å². The molecule has 1 fully saturated rings. The topological polar surface area (TPSA) is 38.3 Å². The van der Waals surface area contributed by atoms with Crippen LogP contribution in [0.15, 0.2) is 30.3 Å². The minimum Gasteiger partial charge on any atom is -0.449 e. The second-order valence-corrected chi connectivity index (χ2v) is 5.44. The number of halogens is 3. The van der Waals surface area contributed by atoms with Crippen LogP contribution in [0.25, 0.3) is 0 Å². The molecule has 0 unspecified atom stereocenters. The molecule has 1 amide bonds. The second-order valence-electron chi connectivity index (χ2n) is 5.44. The molecule has 1 aliphatic rings. The van der Waals surface area contributed by atoms with Gasteiger partial charge in [0.1, 0.15) is 6.61 Å². The van der Waals surface area contributed by atoms with Crippen LogP contribution in [-0.4, -0.2) is 19.1 Å². The van der Waals surface area contributed by atoms with Crippen LogP contribution in [0.5, 0.6) is 0 Å². The van der Waals surface area contributed by atoms with E-state index in [1.807, 2.05) is 30.3 Å². The van der Waals surface area contributed by atoms with E-state index in [1.54, 1.807) is 0 Å². The number of carbonyl (C=O) groups is 1.